The minimum Gasteiger partial charge on any atom is -0.486 e. The molecule has 1 aromatic carbocycles. The Balaban J connectivity index is 2.71. The Morgan fingerprint density at radius 3 is 2.38 bits per heavy atom. The Morgan fingerprint density at radius 2 is 1.77 bits per heavy atom. The molecule has 0 radical (unpaired) electrons. The molecule has 0 atom stereocenters. The summed E-state index contributed by atoms with van der Waals surface area (Å²) in [5.74, 6) is 0.680. The lowest BCUT2D eigenvalue weighted by atomic mass is 10.1. The number of nitrogens with one attached hydrogen (secondary N) is 1. The first kappa shape index (κ1) is 20.8. The van der Waals surface area contributed by atoms with Crippen LogP contribution in [0.4, 0.5) is 4.79 Å². The first-order chi connectivity index (χ1) is 12.5. The Bertz CT molecular complexity index is 670. The monoisotopic (exact) mass is 360 g/mol. The van der Waals surface area contributed by atoms with E-state index >= 15 is 0 Å². The van der Waals surface area contributed by atoms with Crippen LogP contribution in [0.15, 0.2) is 50.1 Å². The third kappa shape index (κ3) is 7.12. The number of benzene rings is 1. The molecule has 0 aromatic heterocycles. The smallest absolute Gasteiger partial charge is 0.404 e. The number of carbonyl (C=O) groups excluding carboxylic acids is 2. The van der Waals surface area contributed by atoms with Gasteiger partial charge in [-0.3, -0.25) is 4.79 Å². The van der Waals surface area contributed by atoms with Crippen molar-refractivity contribution in [3.8, 4) is 11.5 Å². The van der Waals surface area contributed by atoms with Gasteiger partial charge in [-0.1, -0.05) is 38.0 Å². The van der Waals surface area contributed by atoms with Crippen LogP contribution in [0.25, 0.3) is 5.57 Å². The fourth-order valence-electron chi connectivity index (χ4n) is 1.91. The van der Waals surface area contributed by atoms with Gasteiger partial charge in [-0.2, -0.15) is 0 Å². The quantitative estimate of drug-likeness (QED) is 0.339. The number of primary amides is 1. The summed E-state index contributed by atoms with van der Waals surface area (Å²) in [6.07, 6.45) is 2.84. The fraction of sp³-hybridized carbons (Fsp3) is 0.263. The van der Waals surface area contributed by atoms with Crippen LogP contribution < -0.4 is 20.5 Å². The lowest BCUT2D eigenvalue weighted by Gasteiger charge is -2.14. The summed E-state index contributed by atoms with van der Waals surface area (Å²) in [5, 5.41) is 2.69. The average Bonchev–Trinajstić information content (AvgIpc) is 2.63. The van der Waals surface area contributed by atoms with Crippen LogP contribution in [0.2, 0.25) is 0 Å². The van der Waals surface area contributed by atoms with Crippen molar-refractivity contribution in [2.24, 2.45) is 5.73 Å². The molecule has 0 spiro atoms. The van der Waals surface area contributed by atoms with E-state index in [0.717, 1.165) is 0 Å². The van der Waals surface area contributed by atoms with Crippen LogP contribution in [-0.2, 0) is 9.53 Å². The molecule has 7 heteroatoms. The highest BCUT2D eigenvalue weighted by molar-refractivity contribution is 6.18. The highest BCUT2D eigenvalue weighted by atomic mass is 16.5. The molecule has 0 aliphatic rings. The molecule has 7 nitrogen and oxygen atoms in total. The predicted molar refractivity (Wildman–Crippen MR) is 100 cm³/mol. The highest BCUT2D eigenvalue weighted by Gasteiger charge is 2.13. The van der Waals surface area contributed by atoms with Gasteiger partial charge in [0.25, 0.3) is 5.91 Å². The van der Waals surface area contributed by atoms with E-state index in [1.165, 1.54) is 0 Å². The first-order valence-electron chi connectivity index (χ1n) is 8.00. The number of amides is 2. The maximum absolute atomic E-state index is 12.2. The van der Waals surface area contributed by atoms with Gasteiger partial charge in [0.1, 0.15) is 13.2 Å². The molecule has 0 saturated carbocycles. The van der Waals surface area contributed by atoms with E-state index < -0.39 is 6.09 Å². The SMILES string of the molecule is C=CCOc1ccc(C(=C)C(=O)NCCCOC(N)=O)cc1OCC=C. The van der Waals surface area contributed by atoms with E-state index in [1.807, 2.05) is 0 Å². The molecule has 26 heavy (non-hydrogen) atoms. The Kier molecular flexibility index (Phi) is 9.09. The molecule has 0 bridgehead atoms. The third-order valence-electron chi connectivity index (χ3n) is 3.13. The van der Waals surface area contributed by atoms with E-state index in [4.69, 9.17) is 15.2 Å². The summed E-state index contributed by atoms with van der Waals surface area (Å²) in [5.41, 5.74) is 5.73. The fourth-order valence-corrected chi connectivity index (χ4v) is 1.91. The third-order valence-corrected chi connectivity index (χ3v) is 3.13. The molecule has 0 heterocycles. The molecule has 0 aliphatic heterocycles. The van der Waals surface area contributed by atoms with Gasteiger partial charge in [-0.05, 0) is 24.1 Å². The number of rotatable bonds is 12. The van der Waals surface area contributed by atoms with Crippen molar-refractivity contribution in [1.29, 1.82) is 0 Å². The number of nitrogens with two attached hydrogens (primary N) is 1. The molecule has 0 fully saturated rings. The maximum Gasteiger partial charge on any atom is 0.404 e. The van der Waals surface area contributed by atoms with E-state index in [0.29, 0.717) is 43.2 Å². The number of hydrogen-bond acceptors (Lipinski definition) is 5. The average molecular weight is 360 g/mol. The lowest BCUT2D eigenvalue weighted by Crippen LogP contribution is -2.26. The van der Waals surface area contributed by atoms with Crippen LogP contribution in [-0.4, -0.2) is 38.4 Å². The zero-order valence-electron chi connectivity index (χ0n) is 14.7. The molecule has 0 aliphatic carbocycles. The van der Waals surface area contributed by atoms with Crippen molar-refractivity contribution in [3.63, 3.8) is 0 Å². The topological polar surface area (TPSA) is 99.9 Å². The minimum atomic E-state index is -0.841. The van der Waals surface area contributed by atoms with E-state index in [1.54, 1.807) is 30.4 Å². The van der Waals surface area contributed by atoms with Gasteiger partial charge in [-0.25, -0.2) is 4.79 Å². The van der Waals surface area contributed by atoms with Crippen LogP contribution >= 0.6 is 0 Å². The predicted octanol–water partition coefficient (Wildman–Crippen LogP) is 2.43. The number of ether oxygens (including phenoxy) is 3. The van der Waals surface area contributed by atoms with E-state index in [2.05, 4.69) is 29.8 Å². The van der Waals surface area contributed by atoms with E-state index in [9.17, 15) is 9.59 Å². The van der Waals surface area contributed by atoms with Gasteiger partial charge in [-0.15, -0.1) is 0 Å². The molecule has 1 aromatic rings. The van der Waals surface area contributed by atoms with Gasteiger partial charge in [0.05, 0.1) is 6.61 Å². The number of hydrogen-bond donors (Lipinski definition) is 2. The zero-order valence-corrected chi connectivity index (χ0v) is 14.7. The second-order valence-corrected chi connectivity index (χ2v) is 5.12. The van der Waals surface area contributed by atoms with Crippen molar-refractivity contribution in [2.75, 3.05) is 26.4 Å². The van der Waals surface area contributed by atoms with Crippen molar-refractivity contribution in [1.82, 2.24) is 5.32 Å². The van der Waals surface area contributed by atoms with Gasteiger partial charge in [0.15, 0.2) is 11.5 Å². The van der Waals surface area contributed by atoms with Gasteiger partial charge < -0.3 is 25.3 Å². The molecule has 0 unspecified atom stereocenters. The lowest BCUT2D eigenvalue weighted by molar-refractivity contribution is -0.115. The molecule has 140 valence electrons. The Hall–Kier alpha value is -3.22. The van der Waals surface area contributed by atoms with Crippen LogP contribution in [0, 0.1) is 0 Å². The van der Waals surface area contributed by atoms with Crippen LogP contribution in [0.3, 0.4) is 0 Å². The van der Waals surface area contributed by atoms with E-state index in [-0.39, 0.29) is 18.1 Å². The minimum absolute atomic E-state index is 0.136. The van der Waals surface area contributed by atoms with Gasteiger partial charge in [0, 0.05) is 12.1 Å². The molecule has 2 amide bonds. The zero-order chi connectivity index (χ0) is 19.4. The summed E-state index contributed by atoms with van der Waals surface area (Å²) in [6, 6.07) is 5.10. The second kappa shape index (κ2) is 11.4. The Morgan fingerprint density at radius 1 is 1.12 bits per heavy atom. The van der Waals surface area contributed by atoms with Gasteiger partial charge >= 0.3 is 6.09 Å². The molecule has 0 saturated heterocycles. The normalized spacial score (nSPS) is 9.69. The standard InChI is InChI=1S/C19H24N2O5/c1-4-10-24-16-8-7-15(13-17(16)25-11-5-2)14(3)18(22)21-9-6-12-26-19(20)23/h4-5,7-8,13H,1-3,6,9-12H2,(H2,20,23)(H,21,22). The summed E-state index contributed by atoms with van der Waals surface area (Å²) >= 11 is 0. The van der Waals surface area contributed by atoms with Crippen molar-refractivity contribution in [3.05, 3.63) is 55.7 Å². The highest BCUT2D eigenvalue weighted by Crippen LogP contribution is 2.30. The van der Waals surface area contributed by atoms with Crippen molar-refractivity contribution < 1.29 is 23.8 Å². The molecule has 3 N–H and O–H groups in total. The summed E-state index contributed by atoms with van der Waals surface area (Å²) in [4.78, 5) is 22.6. The Labute approximate surface area is 153 Å². The maximum atomic E-state index is 12.2. The number of carbonyl (C=O) groups is 2. The first-order valence-corrected chi connectivity index (χ1v) is 8.00. The van der Waals surface area contributed by atoms with Crippen molar-refractivity contribution >= 4 is 17.6 Å². The van der Waals surface area contributed by atoms with Gasteiger partial charge in [0.2, 0.25) is 0 Å². The summed E-state index contributed by atoms with van der Waals surface area (Å²) in [7, 11) is 0. The largest absolute Gasteiger partial charge is 0.486 e. The summed E-state index contributed by atoms with van der Waals surface area (Å²) in [6.45, 7) is 12.1. The molecular weight excluding hydrogens is 336 g/mol. The molecule has 1 rings (SSSR count). The summed E-state index contributed by atoms with van der Waals surface area (Å²) < 4.78 is 15.7. The van der Waals surface area contributed by atoms with Crippen molar-refractivity contribution in [2.45, 2.75) is 6.42 Å². The van der Waals surface area contributed by atoms with Crippen LogP contribution in [0.1, 0.15) is 12.0 Å². The molecular formula is C19H24N2O5. The van der Waals surface area contributed by atoms with Crippen LogP contribution in [0.5, 0.6) is 11.5 Å². The second-order valence-electron chi connectivity index (χ2n) is 5.12.